The van der Waals surface area contributed by atoms with Gasteiger partial charge in [0.1, 0.15) is 0 Å². The average molecular weight is 176 g/mol. The molecule has 13 heavy (non-hydrogen) atoms. The molecular weight excluding hydrogens is 160 g/mol. The van der Waals surface area contributed by atoms with Gasteiger partial charge in [-0.3, -0.25) is 0 Å². The Hall–Kier alpha value is -1.18. The molecule has 70 valence electrons. The lowest BCUT2D eigenvalue weighted by molar-refractivity contribution is 0.787. The van der Waals surface area contributed by atoms with Crippen molar-refractivity contribution >= 4 is 11.4 Å². The van der Waals surface area contributed by atoms with E-state index in [-0.39, 0.29) is 0 Å². The van der Waals surface area contributed by atoms with Crippen LogP contribution >= 0.6 is 0 Å². The van der Waals surface area contributed by atoms with Gasteiger partial charge in [0.15, 0.2) is 0 Å². The maximum Gasteiger partial charge on any atom is 0.0365 e. The van der Waals surface area contributed by atoms with Gasteiger partial charge in [0.05, 0.1) is 0 Å². The Labute approximate surface area is 79.4 Å². The fraction of sp³-hybridized carbons (Fsp3) is 0.455. The van der Waals surface area contributed by atoms with Gasteiger partial charge in [-0.05, 0) is 43.0 Å². The van der Waals surface area contributed by atoms with E-state index in [1.165, 1.54) is 25.1 Å². The first kappa shape index (κ1) is 8.42. The minimum Gasteiger partial charge on any atom is -0.399 e. The Kier molecular flexibility index (Phi) is 2.13. The van der Waals surface area contributed by atoms with E-state index in [0.29, 0.717) is 0 Å². The molecule has 1 aromatic carbocycles. The second kappa shape index (κ2) is 3.29. The Balaban J connectivity index is 2.01. The van der Waals surface area contributed by atoms with Crippen LogP contribution in [0.3, 0.4) is 0 Å². The summed E-state index contributed by atoms with van der Waals surface area (Å²) in [5.74, 6) is 0.933. The fourth-order valence-electron chi connectivity index (χ4n) is 1.52. The van der Waals surface area contributed by atoms with E-state index >= 15 is 0 Å². The molecule has 1 aliphatic carbocycles. The summed E-state index contributed by atoms with van der Waals surface area (Å²) in [4.78, 5) is 2.30. The third-order valence-electron chi connectivity index (χ3n) is 2.56. The molecule has 2 heteroatoms. The molecule has 0 aliphatic heterocycles. The number of nitrogens with two attached hydrogens (primary N) is 1. The van der Waals surface area contributed by atoms with Crippen LogP contribution in [0.25, 0.3) is 0 Å². The lowest BCUT2D eigenvalue weighted by Gasteiger charge is -2.18. The van der Waals surface area contributed by atoms with Crippen molar-refractivity contribution in [2.75, 3.05) is 24.2 Å². The van der Waals surface area contributed by atoms with Gasteiger partial charge in [-0.2, -0.15) is 0 Å². The van der Waals surface area contributed by atoms with E-state index in [2.05, 4.69) is 24.1 Å². The minimum atomic E-state index is 0.837. The maximum atomic E-state index is 5.62. The van der Waals surface area contributed by atoms with Gasteiger partial charge in [-0.25, -0.2) is 0 Å². The van der Waals surface area contributed by atoms with Crippen molar-refractivity contribution in [3.05, 3.63) is 24.3 Å². The molecule has 0 unspecified atom stereocenters. The number of anilines is 2. The first-order valence-electron chi connectivity index (χ1n) is 4.82. The van der Waals surface area contributed by atoms with Crippen molar-refractivity contribution in [3.8, 4) is 0 Å². The summed E-state index contributed by atoms with van der Waals surface area (Å²) in [6.07, 6.45) is 2.80. The molecule has 0 amide bonds. The Bertz CT molecular complexity index is 275. The summed E-state index contributed by atoms with van der Waals surface area (Å²) in [5, 5.41) is 0. The van der Waals surface area contributed by atoms with Crippen LogP contribution < -0.4 is 10.6 Å². The maximum absolute atomic E-state index is 5.62. The molecule has 2 rings (SSSR count). The van der Waals surface area contributed by atoms with Gasteiger partial charge < -0.3 is 10.6 Å². The summed E-state index contributed by atoms with van der Waals surface area (Å²) >= 11 is 0. The zero-order chi connectivity index (χ0) is 9.26. The summed E-state index contributed by atoms with van der Waals surface area (Å²) in [7, 11) is 2.14. The SMILES string of the molecule is CN(CC1CC1)c1ccc(N)cc1. The van der Waals surface area contributed by atoms with Gasteiger partial charge >= 0.3 is 0 Å². The Morgan fingerprint density at radius 2 is 1.92 bits per heavy atom. The normalized spacial score (nSPS) is 15.8. The number of rotatable bonds is 3. The molecule has 0 spiro atoms. The molecule has 0 saturated heterocycles. The van der Waals surface area contributed by atoms with E-state index in [1.54, 1.807) is 0 Å². The van der Waals surface area contributed by atoms with Crippen LogP contribution in [0.5, 0.6) is 0 Å². The van der Waals surface area contributed by atoms with E-state index in [1.807, 2.05) is 12.1 Å². The van der Waals surface area contributed by atoms with Crippen molar-refractivity contribution in [3.63, 3.8) is 0 Å². The minimum absolute atomic E-state index is 0.837. The number of hydrogen-bond donors (Lipinski definition) is 1. The number of nitrogen functional groups attached to an aromatic ring is 1. The molecule has 0 bridgehead atoms. The van der Waals surface area contributed by atoms with Gasteiger partial charge in [0, 0.05) is 25.0 Å². The van der Waals surface area contributed by atoms with Gasteiger partial charge in [0.25, 0.3) is 0 Å². The van der Waals surface area contributed by atoms with Crippen molar-refractivity contribution < 1.29 is 0 Å². The molecule has 0 atom stereocenters. The highest BCUT2D eigenvalue weighted by Crippen LogP contribution is 2.30. The van der Waals surface area contributed by atoms with Crippen molar-refractivity contribution in [1.82, 2.24) is 0 Å². The van der Waals surface area contributed by atoms with Gasteiger partial charge in [0.2, 0.25) is 0 Å². The third kappa shape index (κ3) is 2.14. The Morgan fingerprint density at radius 3 is 2.46 bits per heavy atom. The van der Waals surface area contributed by atoms with Crippen LogP contribution in [-0.2, 0) is 0 Å². The summed E-state index contributed by atoms with van der Waals surface area (Å²) in [5.41, 5.74) is 7.72. The van der Waals surface area contributed by atoms with Crippen LogP contribution in [-0.4, -0.2) is 13.6 Å². The van der Waals surface area contributed by atoms with Crippen LogP contribution in [0.1, 0.15) is 12.8 Å². The summed E-state index contributed by atoms with van der Waals surface area (Å²) in [6.45, 7) is 1.18. The second-order valence-corrected chi connectivity index (χ2v) is 3.92. The molecular formula is C11H16N2. The molecule has 1 fully saturated rings. The highest BCUT2D eigenvalue weighted by molar-refractivity contribution is 5.52. The largest absolute Gasteiger partial charge is 0.399 e. The highest BCUT2D eigenvalue weighted by atomic mass is 15.1. The predicted octanol–water partition coefficient (Wildman–Crippen LogP) is 2.12. The molecule has 0 heterocycles. The lowest BCUT2D eigenvalue weighted by Crippen LogP contribution is -2.19. The molecule has 1 aliphatic rings. The Morgan fingerprint density at radius 1 is 1.31 bits per heavy atom. The van der Waals surface area contributed by atoms with Crippen LogP contribution in [0.4, 0.5) is 11.4 Å². The fourth-order valence-corrected chi connectivity index (χ4v) is 1.52. The third-order valence-corrected chi connectivity index (χ3v) is 2.56. The van der Waals surface area contributed by atoms with Crippen molar-refractivity contribution in [2.45, 2.75) is 12.8 Å². The highest BCUT2D eigenvalue weighted by Gasteiger charge is 2.22. The van der Waals surface area contributed by atoms with Crippen molar-refractivity contribution in [2.24, 2.45) is 5.92 Å². The number of benzene rings is 1. The molecule has 0 radical (unpaired) electrons. The zero-order valence-corrected chi connectivity index (χ0v) is 8.03. The second-order valence-electron chi connectivity index (χ2n) is 3.92. The number of nitrogens with zero attached hydrogens (tertiary/aromatic N) is 1. The summed E-state index contributed by atoms with van der Waals surface area (Å²) < 4.78 is 0. The zero-order valence-electron chi connectivity index (χ0n) is 8.03. The lowest BCUT2D eigenvalue weighted by atomic mass is 10.2. The summed E-state index contributed by atoms with van der Waals surface area (Å²) in [6, 6.07) is 8.08. The van der Waals surface area contributed by atoms with E-state index < -0.39 is 0 Å². The topological polar surface area (TPSA) is 29.3 Å². The van der Waals surface area contributed by atoms with E-state index in [9.17, 15) is 0 Å². The van der Waals surface area contributed by atoms with E-state index in [0.717, 1.165) is 11.6 Å². The van der Waals surface area contributed by atoms with Crippen LogP contribution in [0.2, 0.25) is 0 Å². The van der Waals surface area contributed by atoms with Crippen LogP contribution in [0, 0.1) is 5.92 Å². The average Bonchev–Trinajstić information content (AvgIpc) is 2.89. The predicted molar refractivity (Wildman–Crippen MR) is 56.8 cm³/mol. The number of hydrogen-bond acceptors (Lipinski definition) is 2. The van der Waals surface area contributed by atoms with Gasteiger partial charge in [-0.1, -0.05) is 0 Å². The molecule has 1 saturated carbocycles. The molecule has 2 N–H and O–H groups in total. The first-order chi connectivity index (χ1) is 6.25. The quantitative estimate of drug-likeness (QED) is 0.715. The first-order valence-corrected chi connectivity index (χ1v) is 4.82. The smallest absolute Gasteiger partial charge is 0.0365 e. The monoisotopic (exact) mass is 176 g/mol. The van der Waals surface area contributed by atoms with Crippen LogP contribution in [0.15, 0.2) is 24.3 Å². The van der Waals surface area contributed by atoms with Gasteiger partial charge in [-0.15, -0.1) is 0 Å². The van der Waals surface area contributed by atoms with Crippen molar-refractivity contribution in [1.29, 1.82) is 0 Å². The van der Waals surface area contributed by atoms with E-state index in [4.69, 9.17) is 5.73 Å². The molecule has 1 aromatic rings. The molecule has 2 nitrogen and oxygen atoms in total. The molecule has 0 aromatic heterocycles. The standard InChI is InChI=1S/C11H16N2/c1-13(8-9-2-3-9)11-6-4-10(12)5-7-11/h4-7,9H,2-3,8,12H2,1H3.